The number of carbonyl (C=O) groups is 1. The Kier molecular flexibility index (Phi) is 5.39. The van der Waals surface area contributed by atoms with E-state index in [1.165, 1.54) is 4.57 Å². The fourth-order valence-corrected chi connectivity index (χ4v) is 4.88. The molecule has 7 nitrogen and oxygen atoms in total. The number of benzene rings is 1. The van der Waals surface area contributed by atoms with E-state index < -0.39 is 35.1 Å². The number of aromatic nitrogens is 1. The van der Waals surface area contributed by atoms with Crippen LogP contribution in [0.2, 0.25) is 0 Å². The van der Waals surface area contributed by atoms with Crippen molar-refractivity contribution in [2.75, 3.05) is 32.1 Å². The highest BCUT2D eigenvalue weighted by Gasteiger charge is 2.43. The molecule has 4 rings (SSSR count). The Hall–Kier alpha value is -2.75. The van der Waals surface area contributed by atoms with Gasteiger partial charge in [-0.05, 0) is 38.4 Å². The Labute approximate surface area is 183 Å². The molecule has 1 aromatic heterocycles. The Bertz CT molecular complexity index is 1140. The smallest absolute Gasteiger partial charge is 0.387 e. The molecule has 1 aliphatic carbocycles. The lowest BCUT2D eigenvalue weighted by Crippen LogP contribution is -2.39. The summed E-state index contributed by atoms with van der Waals surface area (Å²) in [6.45, 7) is 1.55. The Balaban J connectivity index is 2.02. The molecule has 10 heteroatoms. The lowest BCUT2D eigenvalue weighted by Gasteiger charge is -2.30. The van der Waals surface area contributed by atoms with Gasteiger partial charge in [-0.3, -0.25) is 4.79 Å². The fourth-order valence-electron chi connectivity index (χ4n) is 4.88. The summed E-state index contributed by atoms with van der Waals surface area (Å²) in [5.74, 6) is -2.78. The maximum Gasteiger partial charge on any atom is 0.387 e. The molecular weight excluding hydrogens is 427 g/mol. The van der Waals surface area contributed by atoms with E-state index in [1.807, 2.05) is 32.8 Å². The van der Waals surface area contributed by atoms with E-state index >= 15 is 4.39 Å². The summed E-state index contributed by atoms with van der Waals surface area (Å²) in [4.78, 5) is 28.1. The van der Waals surface area contributed by atoms with E-state index in [1.54, 1.807) is 4.90 Å². The van der Waals surface area contributed by atoms with Crippen LogP contribution in [0.3, 0.4) is 0 Å². The Morgan fingerprint density at radius 3 is 2.47 bits per heavy atom. The third-order valence-corrected chi connectivity index (χ3v) is 6.41. The van der Waals surface area contributed by atoms with Crippen LogP contribution in [0.15, 0.2) is 17.1 Å². The van der Waals surface area contributed by atoms with Crippen molar-refractivity contribution in [1.29, 1.82) is 0 Å². The van der Waals surface area contributed by atoms with Gasteiger partial charge in [0.15, 0.2) is 11.6 Å². The second kappa shape index (κ2) is 7.68. The molecule has 174 valence electrons. The standard InChI is InChI=1S/C22H26F3N3O4/c1-22(2)10-27(9-15(22)26(3)4)17-14(23)7-12-16(19(17)32-21(24)25)28(11-5-6-11)8-13(18(12)29)20(30)31/h7-8,11,15,21H,5-6,9-10H2,1-4H3,(H,30,31). The molecule has 2 heterocycles. The molecule has 2 fully saturated rings. The first-order valence-corrected chi connectivity index (χ1v) is 10.4. The maximum atomic E-state index is 15.4. The van der Waals surface area contributed by atoms with E-state index in [0.717, 1.165) is 12.3 Å². The zero-order valence-electron chi connectivity index (χ0n) is 18.4. The number of likely N-dealkylation sites (N-methyl/N-ethyl adjacent to an activating group) is 1. The monoisotopic (exact) mass is 453 g/mol. The highest BCUT2D eigenvalue weighted by Crippen LogP contribution is 2.46. The van der Waals surface area contributed by atoms with Gasteiger partial charge in [0.1, 0.15) is 11.3 Å². The minimum absolute atomic E-state index is 0.00492. The molecule has 1 aliphatic heterocycles. The molecule has 1 unspecified atom stereocenters. The molecule has 0 spiro atoms. The van der Waals surface area contributed by atoms with Gasteiger partial charge in [0.25, 0.3) is 0 Å². The Morgan fingerprint density at radius 2 is 1.97 bits per heavy atom. The van der Waals surface area contributed by atoms with E-state index in [0.29, 0.717) is 25.9 Å². The number of fused-ring (bicyclic) bond motifs is 1. The van der Waals surface area contributed by atoms with E-state index in [9.17, 15) is 23.5 Å². The van der Waals surface area contributed by atoms with Gasteiger partial charge in [-0.25, -0.2) is 9.18 Å². The number of carboxylic acid groups (broad SMARTS) is 1. The van der Waals surface area contributed by atoms with E-state index in [4.69, 9.17) is 4.74 Å². The molecule has 2 aliphatic rings. The largest absolute Gasteiger partial charge is 0.477 e. The highest BCUT2D eigenvalue weighted by atomic mass is 19.3. The topological polar surface area (TPSA) is 75.0 Å². The minimum Gasteiger partial charge on any atom is -0.477 e. The molecule has 0 radical (unpaired) electrons. The van der Waals surface area contributed by atoms with Crippen molar-refractivity contribution in [2.24, 2.45) is 5.41 Å². The summed E-state index contributed by atoms with van der Waals surface area (Å²) in [6.07, 6.45) is 2.54. The predicted molar refractivity (Wildman–Crippen MR) is 113 cm³/mol. The number of anilines is 1. The van der Waals surface area contributed by atoms with Gasteiger partial charge in [-0.15, -0.1) is 0 Å². The van der Waals surface area contributed by atoms with Crippen molar-refractivity contribution in [3.05, 3.63) is 33.9 Å². The van der Waals surface area contributed by atoms with Crippen LogP contribution in [0.4, 0.5) is 18.9 Å². The number of ether oxygens (including phenoxy) is 1. The number of hydrogen-bond acceptors (Lipinski definition) is 5. The second-order valence-electron chi connectivity index (χ2n) is 9.47. The molecule has 0 bridgehead atoms. The normalized spacial score (nSPS) is 20.5. The lowest BCUT2D eigenvalue weighted by atomic mass is 9.87. The average Bonchev–Trinajstić information content (AvgIpc) is 3.45. The first-order valence-electron chi connectivity index (χ1n) is 10.4. The number of aromatic carboxylic acids is 1. The number of alkyl halides is 2. The van der Waals surface area contributed by atoms with Crippen LogP contribution in [-0.4, -0.2) is 60.4 Å². The Morgan fingerprint density at radius 1 is 1.31 bits per heavy atom. The summed E-state index contributed by atoms with van der Waals surface area (Å²) < 4.78 is 48.8. The summed E-state index contributed by atoms with van der Waals surface area (Å²) >= 11 is 0. The molecule has 2 aromatic rings. The van der Waals surface area contributed by atoms with Gasteiger partial charge in [0.05, 0.1) is 10.9 Å². The van der Waals surface area contributed by atoms with Crippen LogP contribution >= 0.6 is 0 Å². The van der Waals surface area contributed by atoms with Crippen LogP contribution < -0.4 is 15.1 Å². The van der Waals surface area contributed by atoms with Gasteiger partial charge >= 0.3 is 12.6 Å². The second-order valence-corrected chi connectivity index (χ2v) is 9.47. The SMILES string of the molecule is CN(C)C1CN(c2c(F)cc3c(=O)c(C(=O)O)cn(C4CC4)c3c2OC(F)F)CC1(C)C. The zero-order chi connectivity index (χ0) is 23.5. The average molecular weight is 453 g/mol. The van der Waals surface area contributed by atoms with Crippen molar-refractivity contribution >= 4 is 22.6 Å². The zero-order valence-corrected chi connectivity index (χ0v) is 18.4. The van der Waals surface area contributed by atoms with Gasteiger partial charge in [0, 0.05) is 31.4 Å². The van der Waals surface area contributed by atoms with Crippen LogP contribution in [0.5, 0.6) is 5.75 Å². The fraction of sp³-hybridized carbons (Fsp3) is 0.545. The molecule has 1 saturated carbocycles. The molecule has 1 aromatic carbocycles. The number of nitrogens with zero attached hydrogens (tertiary/aromatic N) is 3. The third-order valence-electron chi connectivity index (χ3n) is 6.41. The van der Waals surface area contributed by atoms with Gasteiger partial charge in [-0.2, -0.15) is 8.78 Å². The minimum atomic E-state index is -3.25. The van der Waals surface area contributed by atoms with Crippen LogP contribution in [-0.2, 0) is 0 Å². The maximum absolute atomic E-state index is 15.4. The molecular formula is C22H26F3N3O4. The van der Waals surface area contributed by atoms with Gasteiger partial charge < -0.3 is 24.2 Å². The number of carboxylic acids is 1. The molecule has 1 N–H and O–H groups in total. The summed E-state index contributed by atoms with van der Waals surface area (Å²) in [7, 11) is 3.81. The molecule has 0 amide bonds. The molecule has 1 atom stereocenters. The number of halogens is 3. The van der Waals surface area contributed by atoms with Crippen molar-refractivity contribution in [1.82, 2.24) is 9.47 Å². The molecule has 1 saturated heterocycles. The number of pyridine rings is 1. The van der Waals surface area contributed by atoms with Gasteiger partial charge in [-0.1, -0.05) is 13.8 Å². The van der Waals surface area contributed by atoms with Crippen molar-refractivity contribution in [2.45, 2.75) is 45.4 Å². The van der Waals surface area contributed by atoms with E-state index in [-0.39, 0.29) is 34.1 Å². The van der Waals surface area contributed by atoms with Crippen LogP contribution in [0.25, 0.3) is 10.9 Å². The van der Waals surface area contributed by atoms with Crippen molar-refractivity contribution in [3.63, 3.8) is 0 Å². The highest BCUT2D eigenvalue weighted by molar-refractivity contribution is 5.97. The lowest BCUT2D eigenvalue weighted by molar-refractivity contribution is -0.0488. The first kappa shape index (κ1) is 22.4. The quantitative estimate of drug-likeness (QED) is 0.721. The summed E-state index contributed by atoms with van der Waals surface area (Å²) in [5, 5.41) is 9.15. The number of hydrogen-bond donors (Lipinski definition) is 1. The third kappa shape index (κ3) is 3.70. The number of rotatable bonds is 6. The van der Waals surface area contributed by atoms with Crippen molar-refractivity contribution in [3.8, 4) is 5.75 Å². The molecule has 32 heavy (non-hydrogen) atoms. The summed E-state index contributed by atoms with van der Waals surface area (Å²) in [6, 6.07) is 0.809. The predicted octanol–water partition coefficient (Wildman–Crippen LogP) is 3.55. The van der Waals surface area contributed by atoms with Gasteiger partial charge in [0.2, 0.25) is 5.43 Å². The van der Waals surface area contributed by atoms with Crippen molar-refractivity contribution < 1.29 is 27.8 Å². The van der Waals surface area contributed by atoms with Crippen LogP contribution in [0.1, 0.15) is 43.1 Å². The summed E-state index contributed by atoms with van der Waals surface area (Å²) in [5.41, 5.74) is -1.86. The first-order chi connectivity index (χ1) is 14.9. The van der Waals surface area contributed by atoms with E-state index in [2.05, 4.69) is 0 Å². The van der Waals surface area contributed by atoms with Crippen LogP contribution in [0, 0.1) is 11.2 Å².